The zero-order valence-corrected chi connectivity index (χ0v) is 13.6. The molecule has 1 atom stereocenters. The summed E-state index contributed by atoms with van der Waals surface area (Å²) in [6.45, 7) is 2.09. The third kappa shape index (κ3) is 7.12. The molecule has 1 aromatic rings. The van der Waals surface area contributed by atoms with E-state index in [0.717, 1.165) is 5.56 Å². The standard InChI is InChI=1S/C16H23NO6/c1-4-22-14(18)10-13(15(20-2)21-3)17-16(19)23-11-12-8-6-5-7-9-12/h5-9,13,15H,4,10-11H2,1-3H3,(H,17,19). The number of alkyl carbamates (subject to hydrolysis) is 1. The normalized spacial score (nSPS) is 11.8. The molecule has 1 amide bonds. The summed E-state index contributed by atoms with van der Waals surface area (Å²) in [5, 5.41) is 2.57. The molecule has 0 bridgehead atoms. The van der Waals surface area contributed by atoms with Gasteiger partial charge in [0.1, 0.15) is 6.61 Å². The molecule has 23 heavy (non-hydrogen) atoms. The van der Waals surface area contributed by atoms with E-state index in [-0.39, 0.29) is 19.6 Å². The molecule has 1 rings (SSSR count). The second-order valence-corrected chi connectivity index (χ2v) is 4.66. The second kappa shape index (κ2) is 10.6. The Morgan fingerprint density at radius 2 is 1.74 bits per heavy atom. The number of nitrogens with one attached hydrogen (secondary N) is 1. The van der Waals surface area contributed by atoms with Gasteiger partial charge in [0, 0.05) is 14.2 Å². The lowest BCUT2D eigenvalue weighted by molar-refractivity contribution is -0.152. The average molecular weight is 325 g/mol. The summed E-state index contributed by atoms with van der Waals surface area (Å²) in [6, 6.07) is 8.55. The number of rotatable bonds is 9. The van der Waals surface area contributed by atoms with Crippen LogP contribution in [0.3, 0.4) is 0 Å². The molecule has 1 unspecified atom stereocenters. The van der Waals surface area contributed by atoms with Gasteiger partial charge in [-0.25, -0.2) is 4.79 Å². The van der Waals surface area contributed by atoms with Crippen molar-refractivity contribution >= 4 is 12.1 Å². The van der Waals surface area contributed by atoms with E-state index in [1.807, 2.05) is 30.3 Å². The largest absolute Gasteiger partial charge is 0.466 e. The number of esters is 1. The molecule has 0 radical (unpaired) electrons. The molecule has 0 aliphatic rings. The molecule has 0 spiro atoms. The van der Waals surface area contributed by atoms with E-state index in [4.69, 9.17) is 18.9 Å². The third-order valence-electron chi connectivity index (χ3n) is 3.00. The van der Waals surface area contributed by atoms with E-state index in [1.165, 1.54) is 14.2 Å². The topological polar surface area (TPSA) is 83.1 Å². The van der Waals surface area contributed by atoms with E-state index in [0.29, 0.717) is 0 Å². The van der Waals surface area contributed by atoms with Crippen LogP contribution in [0.15, 0.2) is 30.3 Å². The van der Waals surface area contributed by atoms with Crippen LogP contribution in [0, 0.1) is 0 Å². The van der Waals surface area contributed by atoms with Crippen molar-refractivity contribution in [3.8, 4) is 0 Å². The molecule has 7 nitrogen and oxygen atoms in total. The van der Waals surface area contributed by atoms with Crippen LogP contribution in [0.2, 0.25) is 0 Å². The van der Waals surface area contributed by atoms with Gasteiger partial charge in [-0.1, -0.05) is 30.3 Å². The molecule has 128 valence electrons. The van der Waals surface area contributed by atoms with Crippen LogP contribution in [0.25, 0.3) is 0 Å². The molecule has 0 aromatic heterocycles. The van der Waals surface area contributed by atoms with Crippen molar-refractivity contribution < 1.29 is 28.5 Å². The lowest BCUT2D eigenvalue weighted by Gasteiger charge is -2.24. The maximum absolute atomic E-state index is 11.9. The summed E-state index contributed by atoms with van der Waals surface area (Å²) in [6.07, 6.45) is -1.54. The first-order valence-corrected chi connectivity index (χ1v) is 7.29. The van der Waals surface area contributed by atoms with E-state index >= 15 is 0 Å². The SMILES string of the molecule is CCOC(=O)CC(NC(=O)OCc1ccccc1)C(OC)OC. The van der Waals surface area contributed by atoms with Crippen LogP contribution in [0.5, 0.6) is 0 Å². The Bertz CT molecular complexity index is 475. The molecule has 0 saturated heterocycles. The first kappa shape index (κ1) is 18.9. The maximum Gasteiger partial charge on any atom is 0.407 e. The summed E-state index contributed by atoms with van der Waals surface area (Å²) in [5.41, 5.74) is 0.861. The summed E-state index contributed by atoms with van der Waals surface area (Å²) in [5.74, 6) is -0.458. The molecule has 1 aromatic carbocycles. The van der Waals surface area contributed by atoms with Gasteiger partial charge in [0.25, 0.3) is 0 Å². The van der Waals surface area contributed by atoms with Crippen molar-refractivity contribution in [3.63, 3.8) is 0 Å². The lowest BCUT2D eigenvalue weighted by Crippen LogP contribution is -2.46. The van der Waals surface area contributed by atoms with E-state index in [9.17, 15) is 9.59 Å². The van der Waals surface area contributed by atoms with Gasteiger partial charge in [0.2, 0.25) is 0 Å². The van der Waals surface area contributed by atoms with E-state index in [2.05, 4.69) is 5.32 Å². The second-order valence-electron chi connectivity index (χ2n) is 4.66. The number of hydrogen-bond donors (Lipinski definition) is 1. The van der Waals surface area contributed by atoms with Gasteiger partial charge in [0.05, 0.1) is 19.1 Å². The van der Waals surface area contributed by atoms with Crippen LogP contribution in [-0.2, 0) is 30.3 Å². The number of hydrogen-bond acceptors (Lipinski definition) is 6. The lowest BCUT2D eigenvalue weighted by atomic mass is 10.2. The number of ether oxygens (including phenoxy) is 4. The van der Waals surface area contributed by atoms with Crippen molar-refractivity contribution in [2.24, 2.45) is 0 Å². The first-order chi connectivity index (χ1) is 11.1. The fraction of sp³-hybridized carbons (Fsp3) is 0.500. The van der Waals surface area contributed by atoms with Gasteiger partial charge in [-0.05, 0) is 12.5 Å². The van der Waals surface area contributed by atoms with Crippen molar-refractivity contribution in [1.29, 1.82) is 0 Å². The highest BCUT2D eigenvalue weighted by Crippen LogP contribution is 2.07. The highest BCUT2D eigenvalue weighted by molar-refractivity contribution is 5.72. The van der Waals surface area contributed by atoms with Gasteiger partial charge in [0.15, 0.2) is 6.29 Å². The number of benzene rings is 1. The highest BCUT2D eigenvalue weighted by atomic mass is 16.7. The van der Waals surface area contributed by atoms with Crippen molar-refractivity contribution in [1.82, 2.24) is 5.32 Å². The molecule has 0 fully saturated rings. The number of amides is 1. The fourth-order valence-electron chi connectivity index (χ4n) is 1.96. The van der Waals surface area contributed by atoms with Crippen LogP contribution in [0.1, 0.15) is 18.9 Å². The molecule has 7 heteroatoms. The molecular formula is C16H23NO6. The predicted octanol–water partition coefficient (Wildman–Crippen LogP) is 1.85. The van der Waals surface area contributed by atoms with Gasteiger partial charge in [-0.2, -0.15) is 0 Å². The molecule has 0 saturated carbocycles. The minimum atomic E-state index is -0.788. The molecule has 0 aliphatic carbocycles. The molecule has 0 aliphatic heterocycles. The first-order valence-electron chi connectivity index (χ1n) is 7.29. The zero-order chi connectivity index (χ0) is 17.1. The third-order valence-corrected chi connectivity index (χ3v) is 3.00. The van der Waals surface area contributed by atoms with Crippen molar-refractivity contribution in [3.05, 3.63) is 35.9 Å². The van der Waals surface area contributed by atoms with Crippen LogP contribution >= 0.6 is 0 Å². The van der Waals surface area contributed by atoms with E-state index in [1.54, 1.807) is 6.92 Å². The van der Waals surface area contributed by atoms with Gasteiger partial charge in [-0.15, -0.1) is 0 Å². The Balaban J connectivity index is 2.56. The highest BCUT2D eigenvalue weighted by Gasteiger charge is 2.27. The van der Waals surface area contributed by atoms with Crippen LogP contribution < -0.4 is 5.32 Å². The number of carbonyl (C=O) groups is 2. The fourth-order valence-corrected chi connectivity index (χ4v) is 1.96. The average Bonchev–Trinajstić information content (AvgIpc) is 2.55. The number of methoxy groups -OCH3 is 2. The Morgan fingerprint density at radius 1 is 1.09 bits per heavy atom. The predicted molar refractivity (Wildman–Crippen MR) is 82.6 cm³/mol. The van der Waals surface area contributed by atoms with Gasteiger partial charge in [-0.3, -0.25) is 4.79 Å². The Morgan fingerprint density at radius 3 is 2.30 bits per heavy atom. The van der Waals surface area contributed by atoms with Gasteiger partial charge >= 0.3 is 12.1 Å². The number of carbonyl (C=O) groups excluding carboxylic acids is 2. The minimum Gasteiger partial charge on any atom is -0.466 e. The smallest absolute Gasteiger partial charge is 0.407 e. The molecular weight excluding hydrogens is 302 g/mol. The van der Waals surface area contributed by atoms with Crippen LogP contribution in [-0.4, -0.2) is 45.2 Å². The van der Waals surface area contributed by atoms with Gasteiger partial charge < -0.3 is 24.3 Å². The summed E-state index contributed by atoms with van der Waals surface area (Å²) in [4.78, 5) is 23.5. The zero-order valence-electron chi connectivity index (χ0n) is 13.6. The summed E-state index contributed by atoms with van der Waals surface area (Å²) >= 11 is 0. The van der Waals surface area contributed by atoms with E-state index < -0.39 is 24.4 Å². The van der Waals surface area contributed by atoms with Crippen LogP contribution in [0.4, 0.5) is 4.79 Å². The Hall–Kier alpha value is -2.12. The minimum absolute atomic E-state index is 0.0827. The monoisotopic (exact) mass is 325 g/mol. The quantitative estimate of drug-likeness (QED) is 0.551. The molecule has 1 N–H and O–H groups in total. The summed E-state index contributed by atoms with van der Waals surface area (Å²) < 4.78 is 20.2. The molecule has 0 heterocycles. The Labute approximate surface area is 135 Å². The maximum atomic E-state index is 11.9. The summed E-state index contributed by atoms with van der Waals surface area (Å²) in [7, 11) is 2.84. The Kier molecular flexibility index (Phi) is 8.71. The van der Waals surface area contributed by atoms with Crippen molar-refractivity contribution in [2.75, 3.05) is 20.8 Å². The van der Waals surface area contributed by atoms with Crippen molar-refractivity contribution in [2.45, 2.75) is 32.3 Å².